The summed E-state index contributed by atoms with van der Waals surface area (Å²) in [6.45, 7) is 3.96. The van der Waals surface area contributed by atoms with Crippen LogP contribution < -0.4 is 0 Å². The summed E-state index contributed by atoms with van der Waals surface area (Å²) in [5, 5.41) is 9.13. The van der Waals surface area contributed by atoms with Crippen molar-refractivity contribution in [1.29, 1.82) is 0 Å². The summed E-state index contributed by atoms with van der Waals surface area (Å²) >= 11 is 0. The van der Waals surface area contributed by atoms with E-state index in [2.05, 4.69) is 0 Å². The molecule has 2 rings (SSSR count). The van der Waals surface area contributed by atoms with Crippen molar-refractivity contribution in [3.63, 3.8) is 0 Å². The first-order valence-electron chi connectivity index (χ1n) is 5.76. The van der Waals surface area contributed by atoms with E-state index in [1.54, 1.807) is 0 Å². The first kappa shape index (κ1) is 11.8. The lowest BCUT2D eigenvalue weighted by Crippen LogP contribution is -2.11. The highest BCUT2D eigenvalue weighted by molar-refractivity contribution is 6.10. The minimum absolute atomic E-state index is 0.0162. The van der Waals surface area contributed by atoms with E-state index < -0.39 is 0 Å². The molecular weight excluding hydrogens is 212 g/mol. The number of allylic oxidation sites excluding steroid dienone is 3. The van der Waals surface area contributed by atoms with E-state index in [-0.39, 0.29) is 18.3 Å². The molecule has 1 atom stereocenters. The third kappa shape index (κ3) is 2.22. The van der Waals surface area contributed by atoms with Gasteiger partial charge in [0.15, 0.2) is 5.78 Å². The van der Waals surface area contributed by atoms with Crippen LogP contribution in [0, 0.1) is 12.8 Å². The first-order valence-corrected chi connectivity index (χ1v) is 5.76. The number of carbonyl (C=O) groups is 1. The zero-order chi connectivity index (χ0) is 12.4. The maximum absolute atomic E-state index is 12.2. The first-order chi connectivity index (χ1) is 8.13. The molecule has 0 amide bonds. The summed E-state index contributed by atoms with van der Waals surface area (Å²) in [6, 6.07) is 7.58. The van der Waals surface area contributed by atoms with Gasteiger partial charge >= 0.3 is 0 Å². The molecule has 0 spiro atoms. The molecule has 2 nitrogen and oxygen atoms in total. The number of ketones is 1. The summed E-state index contributed by atoms with van der Waals surface area (Å²) in [5.41, 5.74) is 3.52. The highest BCUT2D eigenvalue weighted by Gasteiger charge is 2.24. The van der Waals surface area contributed by atoms with Gasteiger partial charge in [-0.25, -0.2) is 0 Å². The quantitative estimate of drug-likeness (QED) is 0.807. The lowest BCUT2D eigenvalue weighted by molar-refractivity contribution is 0.102. The Labute approximate surface area is 101 Å². The molecule has 1 unspecified atom stereocenters. The summed E-state index contributed by atoms with van der Waals surface area (Å²) in [4.78, 5) is 12.2. The van der Waals surface area contributed by atoms with Crippen molar-refractivity contribution in [2.24, 2.45) is 5.92 Å². The van der Waals surface area contributed by atoms with Gasteiger partial charge in [-0.05, 0) is 12.5 Å². The monoisotopic (exact) mass is 228 g/mol. The molecule has 0 aromatic heterocycles. The van der Waals surface area contributed by atoms with Crippen LogP contribution in [0.3, 0.4) is 0 Å². The van der Waals surface area contributed by atoms with Crippen LogP contribution in [0.5, 0.6) is 0 Å². The predicted molar refractivity (Wildman–Crippen MR) is 67.9 cm³/mol. The number of Topliss-reactive ketones (excluding diaryl/α,β-unsaturated/α-hetero) is 1. The minimum Gasteiger partial charge on any atom is -0.392 e. The molecular formula is C15H16O2. The highest BCUT2D eigenvalue weighted by Crippen LogP contribution is 2.28. The Morgan fingerprint density at radius 2 is 1.88 bits per heavy atom. The van der Waals surface area contributed by atoms with Crippen molar-refractivity contribution >= 4 is 5.78 Å². The molecule has 0 bridgehead atoms. The second-order valence-corrected chi connectivity index (χ2v) is 4.44. The average molecular weight is 228 g/mol. The molecule has 2 heteroatoms. The van der Waals surface area contributed by atoms with Gasteiger partial charge in [0.1, 0.15) is 0 Å². The molecule has 88 valence electrons. The van der Waals surface area contributed by atoms with Crippen LogP contribution in [0.25, 0.3) is 0 Å². The number of hydrogen-bond acceptors (Lipinski definition) is 2. The van der Waals surface area contributed by atoms with Crippen LogP contribution >= 0.6 is 0 Å². The van der Waals surface area contributed by atoms with E-state index in [1.165, 1.54) is 0 Å². The largest absolute Gasteiger partial charge is 0.392 e. The minimum atomic E-state index is 0.0162. The van der Waals surface area contributed by atoms with Gasteiger partial charge in [-0.2, -0.15) is 0 Å². The van der Waals surface area contributed by atoms with E-state index >= 15 is 0 Å². The van der Waals surface area contributed by atoms with E-state index in [0.29, 0.717) is 5.56 Å². The van der Waals surface area contributed by atoms with E-state index in [1.807, 2.05) is 50.3 Å². The van der Waals surface area contributed by atoms with Gasteiger partial charge in [0.05, 0.1) is 6.61 Å². The number of aliphatic hydroxyl groups is 1. The Hall–Kier alpha value is -1.67. The van der Waals surface area contributed by atoms with Gasteiger partial charge in [-0.1, -0.05) is 48.9 Å². The van der Waals surface area contributed by atoms with Crippen LogP contribution in [0.1, 0.15) is 22.8 Å². The van der Waals surface area contributed by atoms with Gasteiger partial charge in [0.2, 0.25) is 0 Å². The summed E-state index contributed by atoms with van der Waals surface area (Å²) in [7, 11) is 0. The van der Waals surface area contributed by atoms with Gasteiger partial charge in [-0.15, -0.1) is 0 Å². The Bertz CT molecular complexity index is 492. The Morgan fingerprint density at radius 3 is 2.41 bits per heavy atom. The molecule has 0 radical (unpaired) electrons. The lowest BCUT2D eigenvalue weighted by Gasteiger charge is -2.12. The van der Waals surface area contributed by atoms with Crippen molar-refractivity contribution in [2.45, 2.75) is 13.8 Å². The van der Waals surface area contributed by atoms with Crippen LogP contribution in [0.4, 0.5) is 0 Å². The Kier molecular flexibility index (Phi) is 3.25. The molecule has 0 saturated carbocycles. The molecule has 1 aromatic rings. The Balaban J connectivity index is 2.21. The van der Waals surface area contributed by atoms with Crippen LogP contribution in [0.2, 0.25) is 0 Å². The molecule has 0 fully saturated rings. The van der Waals surface area contributed by atoms with Crippen molar-refractivity contribution in [2.75, 3.05) is 6.61 Å². The number of benzene rings is 1. The summed E-state index contributed by atoms with van der Waals surface area (Å²) in [5.74, 6) is 0.0750. The van der Waals surface area contributed by atoms with Crippen LogP contribution in [0.15, 0.2) is 47.6 Å². The van der Waals surface area contributed by atoms with Crippen molar-refractivity contribution in [3.05, 3.63) is 58.7 Å². The van der Waals surface area contributed by atoms with E-state index in [4.69, 9.17) is 5.11 Å². The number of hydrogen-bond donors (Lipinski definition) is 1. The van der Waals surface area contributed by atoms with E-state index in [9.17, 15) is 4.79 Å². The second-order valence-electron chi connectivity index (χ2n) is 4.44. The maximum Gasteiger partial charge on any atom is 0.189 e. The van der Waals surface area contributed by atoms with Gasteiger partial charge in [0.25, 0.3) is 0 Å². The topological polar surface area (TPSA) is 37.3 Å². The molecule has 0 heterocycles. The smallest absolute Gasteiger partial charge is 0.189 e. The van der Waals surface area contributed by atoms with Crippen molar-refractivity contribution in [1.82, 2.24) is 0 Å². The van der Waals surface area contributed by atoms with Crippen molar-refractivity contribution in [3.8, 4) is 0 Å². The van der Waals surface area contributed by atoms with Crippen molar-refractivity contribution < 1.29 is 9.90 Å². The summed E-state index contributed by atoms with van der Waals surface area (Å²) < 4.78 is 0. The molecule has 17 heavy (non-hydrogen) atoms. The molecule has 1 aliphatic carbocycles. The maximum atomic E-state index is 12.2. The Morgan fingerprint density at radius 1 is 1.24 bits per heavy atom. The second kappa shape index (κ2) is 4.68. The molecule has 1 aliphatic rings. The van der Waals surface area contributed by atoms with Crippen LogP contribution in [-0.2, 0) is 0 Å². The highest BCUT2D eigenvalue weighted by atomic mass is 16.3. The van der Waals surface area contributed by atoms with E-state index in [0.717, 1.165) is 16.7 Å². The molecule has 1 N–H and O–H groups in total. The van der Waals surface area contributed by atoms with Gasteiger partial charge < -0.3 is 5.11 Å². The SMILES string of the molecule is Cc1ccc(C(=O)C2=CC=C(CO)C2C)cc1. The fourth-order valence-corrected chi connectivity index (χ4v) is 2.02. The average Bonchev–Trinajstić information content (AvgIpc) is 2.70. The fourth-order valence-electron chi connectivity index (χ4n) is 2.02. The zero-order valence-electron chi connectivity index (χ0n) is 10.1. The van der Waals surface area contributed by atoms with Gasteiger partial charge in [-0.3, -0.25) is 4.79 Å². The fraction of sp³-hybridized carbons (Fsp3) is 0.267. The molecule has 0 aliphatic heterocycles. The zero-order valence-corrected chi connectivity index (χ0v) is 10.1. The third-order valence-electron chi connectivity index (χ3n) is 3.26. The predicted octanol–water partition coefficient (Wildman–Crippen LogP) is 2.67. The number of aryl methyl sites for hydroxylation is 1. The normalized spacial score (nSPS) is 18.9. The van der Waals surface area contributed by atoms with Crippen LogP contribution in [-0.4, -0.2) is 17.5 Å². The number of rotatable bonds is 3. The standard InChI is InChI=1S/C15H16O2/c1-10-3-5-12(6-4-10)15(17)14-8-7-13(9-16)11(14)2/h3-8,11,16H,9H2,1-2H3. The molecule has 1 aromatic carbocycles. The summed E-state index contributed by atoms with van der Waals surface area (Å²) in [6.07, 6.45) is 3.66. The van der Waals surface area contributed by atoms with Gasteiger partial charge in [0, 0.05) is 17.1 Å². The lowest BCUT2D eigenvalue weighted by atomic mass is 9.92. The third-order valence-corrected chi connectivity index (χ3v) is 3.26. The number of carbonyl (C=O) groups excluding carboxylic acids is 1. The number of aliphatic hydroxyl groups excluding tert-OH is 1. The molecule has 0 saturated heterocycles.